The van der Waals surface area contributed by atoms with E-state index in [2.05, 4.69) is 25.1 Å². The van der Waals surface area contributed by atoms with Crippen LogP contribution < -0.4 is 5.73 Å². The lowest BCUT2D eigenvalue weighted by atomic mass is 9.83. The largest absolute Gasteiger partial charge is 0.378 e. The van der Waals surface area contributed by atoms with E-state index in [-0.39, 0.29) is 5.54 Å². The van der Waals surface area contributed by atoms with Crippen LogP contribution in [0.3, 0.4) is 0 Å². The third-order valence-corrected chi connectivity index (χ3v) is 5.02. The molecule has 1 heterocycles. The smallest absolute Gasteiger partial charge is 0.0576 e. The van der Waals surface area contributed by atoms with Gasteiger partial charge < -0.3 is 10.5 Å². The normalized spacial score (nSPS) is 25.2. The maximum absolute atomic E-state index is 6.59. The number of fused-ring (bicyclic) bond motifs is 1. The number of rotatable bonds is 4. The highest BCUT2D eigenvalue weighted by Gasteiger charge is 2.25. The molecule has 110 valence electrons. The van der Waals surface area contributed by atoms with E-state index >= 15 is 0 Å². The fourth-order valence-electron chi connectivity index (χ4n) is 3.57. The first-order chi connectivity index (χ1) is 9.65. The van der Waals surface area contributed by atoms with E-state index in [1.807, 2.05) is 0 Å². The van der Waals surface area contributed by atoms with Crippen molar-refractivity contribution in [2.75, 3.05) is 6.61 Å². The molecule has 1 aliphatic carbocycles. The Morgan fingerprint density at radius 3 is 2.75 bits per heavy atom. The highest BCUT2D eigenvalue weighted by molar-refractivity contribution is 5.36. The summed E-state index contributed by atoms with van der Waals surface area (Å²) in [5.74, 6) is 0. The summed E-state index contributed by atoms with van der Waals surface area (Å²) >= 11 is 0. The second-order valence-electron chi connectivity index (χ2n) is 6.78. The van der Waals surface area contributed by atoms with E-state index < -0.39 is 0 Å². The van der Waals surface area contributed by atoms with Crippen LogP contribution in [0.1, 0.15) is 62.1 Å². The summed E-state index contributed by atoms with van der Waals surface area (Å²) in [6, 6.07) is 6.92. The maximum Gasteiger partial charge on any atom is 0.0576 e. The zero-order valence-corrected chi connectivity index (χ0v) is 12.7. The van der Waals surface area contributed by atoms with Crippen molar-refractivity contribution in [1.82, 2.24) is 0 Å². The van der Waals surface area contributed by atoms with Gasteiger partial charge in [-0.05, 0) is 75.0 Å². The Morgan fingerprint density at radius 2 is 2.00 bits per heavy atom. The lowest BCUT2D eigenvalue weighted by Crippen LogP contribution is -2.34. The van der Waals surface area contributed by atoms with Crippen molar-refractivity contribution < 1.29 is 4.74 Å². The predicted molar refractivity (Wildman–Crippen MR) is 82.8 cm³/mol. The zero-order chi connectivity index (χ0) is 14.0. The molecule has 1 saturated heterocycles. The minimum Gasteiger partial charge on any atom is -0.378 e. The molecule has 0 saturated carbocycles. The van der Waals surface area contributed by atoms with Crippen LogP contribution in [0.15, 0.2) is 18.2 Å². The summed E-state index contributed by atoms with van der Waals surface area (Å²) in [6.45, 7) is 3.11. The van der Waals surface area contributed by atoms with Crippen LogP contribution in [0.5, 0.6) is 0 Å². The summed E-state index contributed by atoms with van der Waals surface area (Å²) < 4.78 is 5.72. The first-order valence-corrected chi connectivity index (χ1v) is 8.18. The average Bonchev–Trinajstić information content (AvgIpc) is 2.98. The molecule has 2 atom stereocenters. The molecule has 1 fully saturated rings. The topological polar surface area (TPSA) is 35.2 Å². The Labute approximate surface area is 122 Å². The molecule has 3 rings (SSSR count). The predicted octanol–water partition coefficient (Wildman–Crippen LogP) is 3.70. The van der Waals surface area contributed by atoms with Crippen molar-refractivity contribution >= 4 is 0 Å². The van der Waals surface area contributed by atoms with Crippen LogP contribution in [0.25, 0.3) is 0 Å². The highest BCUT2D eigenvalue weighted by atomic mass is 16.5. The molecule has 0 bridgehead atoms. The Balaban J connectivity index is 1.69. The first-order valence-electron chi connectivity index (χ1n) is 8.18. The van der Waals surface area contributed by atoms with Gasteiger partial charge in [-0.25, -0.2) is 0 Å². The Morgan fingerprint density at radius 1 is 1.20 bits per heavy atom. The van der Waals surface area contributed by atoms with Gasteiger partial charge in [0.05, 0.1) is 6.10 Å². The van der Waals surface area contributed by atoms with Crippen LogP contribution in [-0.2, 0) is 23.1 Å². The van der Waals surface area contributed by atoms with Gasteiger partial charge >= 0.3 is 0 Å². The molecule has 2 heteroatoms. The third-order valence-electron chi connectivity index (χ3n) is 5.02. The minimum atomic E-state index is -0.224. The maximum atomic E-state index is 6.59. The molecule has 2 aliphatic rings. The van der Waals surface area contributed by atoms with Gasteiger partial charge in [0.25, 0.3) is 0 Å². The van der Waals surface area contributed by atoms with E-state index in [0.717, 1.165) is 19.4 Å². The molecule has 1 aromatic carbocycles. The van der Waals surface area contributed by atoms with E-state index in [1.165, 1.54) is 55.2 Å². The molecule has 1 aliphatic heterocycles. The first kappa shape index (κ1) is 14.1. The number of benzene rings is 1. The highest BCUT2D eigenvalue weighted by Crippen LogP contribution is 2.30. The number of aryl methyl sites for hydroxylation is 2. The lowest BCUT2D eigenvalue weighted by Gasteiger charge is -2.28. The van der Waals surface area contributed by atoms with Gasteiger partial charge in [0.15, 0.2) is 0 Å². The van der Waals surface area contributed by atoms with Crippen LogP contribution in [0.2, 0.25) is 0 Å². The third kappa shape index (κ3) is 3.07. The van der Waals surface area contributed by atoms with Gasteiger partial charge in [0, 0.05) is 12.1 Å². The number of ether oxygens (including phenoxy) is 1. The average molecular weight is 273 g/mol. The molecular weight excluding hydrogens is 246 g/mol. The fraction of sp³-hybridized carbons (Fsp3) is 0.667. The molecule has 0 aromatic heterocycles. The van der Waals surface area contributed by atoms with Crippen molar-refractivity contribution in [3.8, 4) is 0 Å². The molecule has 0 amide bonds. The molecule has 0 spiro atoms. The molecular formula is C18H27NO. The quantitative estimate of drug-likeness (QED) is 0.908. The van der Waals surface area contributed by atoms with Crippen LogP contribution >= 0.6 is 0 Å². The van der Waals surface area contributed by atoms with Gasteiger partial charge in [0.2, 0.25) is 0 Å². The molecule has 20 heavy (non-hydrogen) atoms. The number of hydrogen-bond acceptors (Lipinski definition) is 2. The van der Waals surface area contributed by atoms with E-state index in [1.54, 1.807) is 0 Å². The second kappa shape index (κ2) is 5.87. The summed E-state index contributed by atoms with van der Waals surface area (Å²) in [5, 5.41) is 0. The second-order valence-corrected chi connectivity index (χ2v) is 6.78. The van der Waals surface area contributed by atoms with Crippen molar-refractivity contribution in [3.63, 3.8) is 0 Å². The van der Waals surface area contributed by atoms with E-state index in [9.17, 15) is 0 Å². The van der Waals surface area contributed by atoms with Gasteiger partial charge in [-0.1, -0.05) is 18.2 Å². The van der Waals surface area contributed by atoms with Gasteiger partial charge in [-0.3, -0.25) is 0 Å². The van der Waals surface area contributed by atoms with E-state index in [0.29, 0.717) is 6.10 Å². The summed E-state index contributed by atoms with van der Waals surface area (Å²) in [7, 11) is 0. The van der Waals surface area contributed by atoms with Crippen LogP contribution in [-0.4, -0.2) is 12.7 Å². The Kier molecular flexibility index (Phi) is 4.13. The number of hydrogen-bond donors (Lipinski definition) is 1. The molecule has 1 aromatic rings. The van der Waals surface area contributed by atoms with Crippen molar-refractivity contribution in [2.24, 2.45) is 5.73 Å². The molecule has 2 nitrogen and oxygen atoms in total. The van der Waals surface area contributed by atoms with Gasteiger partial charge in [0.1, 0.15) is 0 Å². The van der Waals surface area contributed by atoms with Crippen molar-refractivity contribution in [3.05, 3.63) is 34.9 Å². The van der Waals surface area contributed by atoms with Crippen molar-refractivity contribution in [2.45, 2.75) is 69.9 Å². The van der Waals surface area contributed by atoms with E-state index in [4.69, 9.17) is 10.5 Å². The SMILES string of the molecule is CC(N)(CCC1CCCO1)c1ccc2c(c1)CCCC2. The van der Waals surface area contributed by atoms with Gasteiger partial charge in [-0.15, -0.1) is 0 Å². The number of nitrogens with two attached hydrogens (primary N) is 1. The van der Waals surface area contributed by atoms with Crippen LogP contribution in [0, 0.1) is 0 Å². The molecule has 0 radical (unpaired) electrons. The Bertz CT molecular complexity index is 460. The monoisotopic (exact) mass is 273 g/mol. The Hall–Kier alpha value is -0.860. The zero-order valence-electron chi connectivity index (χ0n) is 12.7. The van der Waals surface area contributed by atoms with Crippen molar-refractivity contribution in [1.29, 1.82) is 0 Å². The minimum absolute atomic E-state index is 0.224. The molecule has 2 N–H and O–H groups in total. The van der Waals surface area contributed by atoms with Crippen LogP contribution in [0.4, 0.5) is 0 Å². The summed E-state index contributed by atoms with van der Waals surface area (Å²) in [6.07, 6.45) is 10.1. The van der Waals surface area contributed by atoms with Gasteiger partial charge in [-0.2, -0.15) is 0 Å². The standard InChI is InChI=1S/C18H27NO/c1-18(19,11-10-17-7-4-12-20-17)16-9-8-14-5-2-3-6-15(14)13-16/h8-9,13,17H,2-7,10-12,19H2,1H3. The lowest BCUT2D eigenvalue weighted by molar-refractivity contribution is 0.0967. The summed E-state index contributed by atoms with van der Waals surface area (Å²) in [4.78, 5) is 0. The fourth-order valence-corrected chi connectivity index (χ4v) is 3.57. The molecule has 2 unspecified atom stereocenters. The summed E-state index contributed by atoms with van der Waals surface area (Å²) in [5.41, 5.74) is 10.7.